The van der Waals surface area contributed by atoms with Crippen LogP contribution in [0.3, 0.4) is 0 Å². The highest BCUT2D eigenvalue weighted by Gasteiger charge is 2.45. The molecule has 2 aromatic carbocycles. The molecule has 3 atom stereocenters. The Kier molecular flexibility index (Phi) is 8.53. The number of carbonyl (C=O) groups is 2. The van der Waals surface area contributed by atoms with Crippen molar-refractivity contribution in [2.75, 3.05) is 13.7 Å². The molecule has 1 aliphatic rings. The number of rotatable bonds is 9. The molecule has 1 heterocycles. The van der Waals surface area contributed by atoms with Gasteiger partial charge < -0.3 is 29.0 Å². The van der Waals surface area contributed by atoms with E-state index in [0.717, 1.165) is 5.56 Å². The molecular formula is C27H35NO7. The lowest BCUT2D eigenvalue weighted by atomic mass is 9.96. The third-order valence-corrected chi connectivity index (χ3v) is 5.35. The second kappa shape index (κ2) is 11.2. The standard InChI is InChI=1S/C27H35NO7/c1-26(2,3)35-25(30)28-22(21-17-33-27(4,5)34-21)24(32-16-18-10-8-7-9-11-18)23(29)19-12-14-20(31-6)15-13-19/h7-15,21-22,24H,16-17H2,1-6H3,(H,28,30)/t21-,22+,24-/m1/s1. The number of amides is 1. The normalized spacial score (nSPS) is 19.0. The molecular weight excluding hydrogens is 450 g/mol. The molecule has 1 aliphatic heterocycles. The lowest BCUT2D eigenvalue weighted by Crippen LogP contribution is -2.56. The Balaban J connectivity index is 1.94. The average molecular weight is 486 g/mol. The number of hydrogen-bond donors (Lipinski definition) is 1. The second-order valence-electron chi connectivity index (χ2n) is 9.85. The predicted molar refractivity (Wildman–Crippen MR) is 130 cm³/mol. The molecule has 190 valence electrons. The Labute approximate surface area is 206 Å². The van der Waals surface area contributed by atoms with Crippen molar-refractivity contribution in [3.8, 4) is 5.75 Å². The molecule has 1 N–H and O–H groups in total. The summed E-state index contributed by atoms with van der Waals surface area (Å²) in [5.41, 5.74) is 0.583. The van der Waals surface area contributed by atoms with E-state index in [9.17, 15) is 9.59 Å². The molecule has 1 fully saturated rings. The number of ketones is 1. The number of carbonyl (C=O) groups excluding carboxylic acids is 2. The van der Waals surface area contributed by atoms with Crippen molar-refractivity contribution >= 4 is 11.9 Å². The van der Waals surface area contributed by atoms with Gasteiger partial charge in [0, 0.05) is 5.56 Å². The Morgan fingerprint density at radius 2 is 1.74 bits per heavy atom. The molecule has 0 aromatic heterocycles. The summed E-state index contributed by atoms with van der Waals surface area (Å²) in [6.45, 7) is 9.21. The third-order valence-electron chi connectivity index (χ3n) is 5.35. The molecule has 8 heteroatoms. The van der Waals surface area contributed by atoms with E-state index in [-0.39, 0.29) is 19.0 Å². The maximum atomic E-state index is 13.7. The van der Waals surface area contributed by atoms with Crippen molar-refractivity contribution in [1.29, 1.82) is 0 Å². The van der Waals surface area contributed by atoms with Crippen LogP contribution in [0.25, 0.3) is 0 Å². The summed E-state index contributed by atoms with van der Waals surface area (Å²) in [6, 6.07) is 15.4. The molecule has 0 saturated carbocycles. The zero-order chi connectivity index (χ0) is 25.6. The van der Waals surface area contributed by atoms with Gasteiger partial charge in [0.05, 0.1) is 26.4 Å². The van der Waals surface area contributed by atoms with Crippen LogP contribution in [0.4, 0.5) is 4.79 Å². The van der Waals surface area contributed by atoms with Gasteiger partial charge in [-0.2, -0.15) is 0 Å². The van der Waals surface area contributed by atoms with Crippen LogP contribution >= 0.6 is 0 Å². The van der Waals surface area contributed by atoms with Crippen molar-refractivity contribution in [3.05, 3.63) is 65.7 Å². The fraction of sp³-hybridized carbons (Fsp3) is 0.481. The highest BCUT2D eigenvalue weighted by molar-refractivity contribution is 6.00. The number of alkyl carbamates (subject to hydrolysis) is 1. The first kappa shape index (κ1) is 26.7. The van der Waals surface area contributed by atoms with E-state index in [4.69, 9.17) is 23.7 Å². The van der Waals surface area contributed by atoms with Crippen LogP contribution in [0.1, 0.15) is 50.5 Å². The quantitative estimate of drug-likeness (QED) is 0.523. The maximum absolute atomic E-state index is 13.7. The lowest BCUT2D eigenvalue weighted by Gasteiger charge is -2.32. The Morgan fingerprint density at radius 3 is 2.29 bits per heavy atom. The maximum Gasteiger partial charge on any atom is 0.408 e. The van der Waals surface area contributed by atoms with Crippen LogP contribution < -0.4 is 10.1 Å². The van der Waals surface area contributed by atoms with Gasteiger partial charge in [-0.3, -0.25) is 4.79 Å². The van der Waals surface area contributed by atoms with Gasteiger partial charge in [0.1, 0.15) is 23.6 Å². The Morgan fingerprint density at radius 1 is 1.09 bits per heavy atom. The minimum Gasteiger partial charge on any atom is -0.497 e. The van der Waals surface area contributed by atoms with E-state index in [2.05, 4.69) is 5.32 Å². The Hall–Kier alpha value is -2.94. The van der Waals surface area contributed by atoms with E-state index in [1.807, 2.05) is 30.3 Å². The second-order valence-corrected chi connectivity index (χ2v) is 9.85. The van der Waals surface area contributed by atoms with Crippen LogP contribution in [0.15, 0.2) is 54.6 Å². The number of ether oxygens (including phenoxy) is 5. The molecule has 8 nitrogen and oxygen atoms in total. The van der Waals surface area contributed by atoms with Gasteiger partial charge in [-0.05, 0) is 64.4 Å². The minimum atomic E-state index is -1.07. The molecule has 0 bridgehead atoms. The summed E-state index contributed by atoms with van der Waals surface area (Å²) in [4.78, 5) is 26.5. The zero-order valence-corrected chi connectivity index (χ0v) is 21.2. The molecule has 0 radical (unpaired) electrons. The Bertz CT molecular complexity index is 983. The first-order valence-electron chi connectivity index (χ1n) is 11.6. The third kappa shape index (κ3) is 7.78. The molecule has 0 aliphatic carbocycles. The van der Waals surface area contributed by atoms with Crippen LogP contribution in [0.5, 0.6) is 5.75 Å². The van der Waals surface area contributed by atoms with Gasteiger partial charge >= 0.3 is 6.09 Å². The predicted octanol–water partition coefficient (Wildman–Crippen LogP) is 4.51. The van der Waals surface area contributed by atoms with E-state index in [1.165, 1.54) is 0 Å². The minimum absolute atomic E-state index is 0.164. The number of Topliss-reactive ketones (excluding diaryl/α,β-unsaturated/α-hetero) is 1. The highest BCUT2D eigenvalue weighted by Crippen LogP contribution is 2.28. The van der Waals surface area contributed by atoms with Crippen LogP contribution in [-0.2, 0) is 25.6 Å². The van der Waals surface area contributed by atoms with Crippen LogP contribution in [0, 0.1) is 0 Å². The number of benzene rings is 2. The van der Waals surface area contributed by atoms with Gasteiger partial charge in [-0.15, -0.1) is 0 Å². The summed E-state index contributed by atoms with van der Waals surface area (Å²) in [7, 11) is 1.56. The molecule has 1 saturated heterocycles. The lowest BCUT2D eigenvalue weighted by molar-refractivity contribution is -0.146. The summed E-state index contributed by atoms with van der Waals surface area (Å²) < 4.78 is 28.7. The van der Waals surface area contributed by atoms with Gasteiger partial charge in [0.2, 0.25) is 0 Å². The SMILES string of the molecule is COc1ccc(C(=O)[C@H](OCc2ccccc2)[C@@H](NC(=O)OC(C)(C)C)[C@H]2COC(C)(C)O2)cc1. The van der Waals surface area contributed by atoms with Gasteiger partial charge in [-0.25, -0.2) is 4.79 Å². The fourth-order valence-corrected chi connectivity index (χ4v) is 3.72. The summed E-state index contributed by atoms with van der Waals surface area (Å²) in [5.74, 6) is -0.551. The molecule has 1 amide bonds. The van der Waals surface area contributed by atoms with Gasteiger partial charge in [0.15, 0.2) is 11.6 Å². The number of methoxy groups -OCH3 is 1. The van der Waals surface area contributed by atoms with Crippen molar-refractivity contribution in [2.45, 2.75) is 70.9 Å². The topological polar surface area (TPSA) is 92.3 Å². The van der Waals surface area contributed by atoms with Crippen LogP contribution in [-0.4, -0.2) is 55.2 Å². The highest BCUT2D eigenvalue weighted by atomic mass is 16.7. The molecule has 35 heavy (non-hydrogen) atoms. The first-order valence-corrected chi connectivity index (χ1v) is 11.6. The summed E-state index contributed by atoms with van der Waals surface area (Å²) in [6.07, 6.45) is -2.38. The zero-order valence-electron chi connectivity index (χ0n) is 21.2. The largest absolute Gasteiger partial charge is 0.497 e. The number of nitrogens with one attached hydrogen (secondary N) is 1. The van der Waals surface area contributed by atoms with E-state index < -0.39 is 35.7 Å². The van der Waals surface area contributed by atoms with E-state index in [1.54, 1.807) is 66.0 Å². The molecule has 0 unspecified atom stereocenters. The summed E-state index contributed by atoms with van der Waals surface area (Å²) >= 11 is 0. The molecule has 2 aromatic rings. The molecule has 0 spiro atoms. The molecule has 3 rings (SSSR count). The van der Waals surface area contributed by atoms with Crippen molar-refractivity contribution in [1.82, 2.24) is 5.32 Å². The summed E-state index contributed by atoms with van der Waals surface area (Å²) in [5, 5.41) is 2.83. The monoisotopic (exact) mass is 485 g/mol. The smallest absolute Gasteiger partial charge is 0.408 e. The van der Waals surface area contributed by atoms with Crippen molar-refractivity contribution in [3.63, 3.8) is 0 Å². The van der Waals surface area contributed by atoms with Crippen molar-refractivity contribution < 1.29 is 33.3 Å². The van der Waals surface area contributed by atoms with E-state index >= 15 is 0 Å². The fourth-order valence-electron chi connectivity index (χ4n) is 3.72. The van der Waals surface area contributed by atoms with Gasteiger partial charge in [-0.1, -0.05) is 30.3 Å². The van der Waals surface area contributed by atoms with E-state index in [0.29, 0.717) is 11.3 Å². The number of hydrogen-bond acceptors (Lipinski definition) is 7. The van der Waals surface area contributed by atoms with Gasteiger partial charge in [0.25, 0.3) is 0 Å². The average Bonchev–Trinajstić information content (AvgIpc) is 3.17. The van der Waals surface area contributed by atoms with Crippen molar-refractivity contribution in [2.24, 2.45) is 0 Å². The first-order chi connectivity index (χ1) is 16.5. The van der Waals surface area contributed by atoms with Crippen LogP contribution in [0.2, 0.25) is 0 Å².